The molecule has 0 saturated heterocycles. The summed E-state index contributed by atoms with van der Waals surface area (Å²) in [5.41, 5.74) is 7.04. The number of aromatic nitrogens is 5. The molecule has 0 saturated carbocycles. The van der Waals surface area contributed by atoms with E-state index in [1.165, 1.54) is 7.11 Å². The molecule has 1 amide bonds. The lowest BCUT2D eigenvalue weighted by atomic mass is 9.97. The minimum atomic E-state index is -0.439. The van der Waals surface area contributed by atoms with E-state index in [0.29, 0.717) is 36.6 Å². The van der Waals surface area contributed by atoms with Crippen LogP contribution in [0.15, 0.2) is 40.1 Å². The maximum atomic E-state index is 14.0. The molecule has 0 aliphatic carbocycles. The first kappa shape index (κ1) is 28.7. The van der Waals surface area contributed by atoms with Crippen molar-refractivity contribution in [2.75, 3.05) is 27.4 Å². The minimum Gasteiger partial charge on any atom is -0.493 e. The highest BCUT2D eigenvalue weighted by Gasteiger charge is 2.23. The van der Waals surface area contributed by atoms with Gasteiger partial charge in [-0.05, 0) is 62.9 Å². The molecule has 2 aromatic heterocycles. The number of aromatic amines is 1. The number of fused-ring (bicyclic) bond motifs is 3. The van der Waals surface area contributed by atoms with Gasteiger partial charge >= 0.3 is 5.69 Å². The maximum Gasteiger partial charge on any atom is 0.330 e. The molecule has 42 heavy (non-hydrogen) atoms. The lowest BCUT2D eigenvalue weighted by molar-refractivity contribution is 0.0943. The van der Waals surface area contributed by atoms with Crippen LogP contribution in [-0.2, 0) is 19.5 Å². The number of carbonyl (C=O) groups excluding carboxylic acids is 1. The van der Waals surface area contributed by atoms with Gasteiger partial charge in [-0.2, -0.15) is 0 Å². The summed E-state index contributed by atoms with van der Waals surface area (Å²) in [6, 6.07) is 9.99. The second-order valence-electron chi connectivity index (χ2n) is 10.1. The lowest BCUT2D eigenvalue weighted by Crippen LogP contribution is -2.44. The van der Waals surface area contributed by atoms with E-state index in [4.69, 9.17) is 19.2 Å². The highest BCUT2D eigenvalue weighted by Crippen LogP contribution is 2.37. The molecule has 2 aromatic carbocycles. The molecule has 220 valence electrons. The Bertz CT molecular complexity index is 1760. The largest absolute Gasteiger partial charge is 0.493 e. The third-order valence-corrected chi connectivity index (χ3v) is 7.28. The van der Waals surface area contributed by atoms with Gasteiger partial charge in [-0.1, -0.05) is 28.0 Å². The molecule has 12 nitrogen and oxygen atoms in total. The average molecular weight is 574 g/mol. The summed E-state index contributed by atoms with van der Waals surface area (Å²) in [4.78, 5) is 31.8. The summed E-state index contributed by atoms with van der Waals surface area (Å²) in [6.07, 6.45) is 0.655. The molecule has 0 atom stereocenters. The normalized spacial score (nSPS) is 12.5. The smallest absolute Gasteiger partial charge is 0.330 e. The van der Waals surface area contributed by atoms with Crippen LogP contribution < -0.4 is 30.7 Å². The summed E-state index contributed by atoms with van der Waals surface area (Å²) in [6.45, 7) is 9.36. The third-order valence-electron chi connectivity index (χ3n) is 7.28. The zero-order valence-corrected chi connectivity index (χ0v) is 24.7. The quantitative estimate of drug-likeness (QED) is 0.314. The number of methoxy groups -OCH3 is 2. The number of benzene rings is 2. The van der Waals surface area contributed by atoms with Crippen LogP contribution in [0.1, 0.15) is 39.7 Å². The zero-order chi connectivity index (χ0) is 30.0. The molecule has 0 spiro atoms. The van der Waals surface area contributed by atoms with Crippen LogP contribution in [0.2, 0.25) is 0 Å². The number of nitrogens with one attached hydrogen (secondary N) is 2. The monoisotopic (exact) mass is 573 g/mol. The molecular weight excluding hydrogens is 538 g/mol. The Labute approximate surface area is 243 Å². The lowest BCUT2D eigenvalue weighted by Gasteiger charge is -2.25. The van der Waals surface area contributed by atoms with Gasteiger partial charge in [0.2, 0.25) is 0 Å². The van der Waals surface area contributed by atoms with E-state index in [1.807, 2.05) is 45.9 Å². The molecule has 0 radical (unpaired) electrons. The topological polar surface area (TPSA) is 138 Å². The molecule has 2 N–H and O–H groups in total. The van der Waals surface area contributed by atoms with Crippen LogP contribution >= 0.6 is 0 Å². The van der Waals surface area contributed by atoms with Crippen LogP contribution in [0.5, 0.6) is 17.4 Å². The van der Waals surface area contributed by atoms with E-state index in [0.717, 1.165) is 39.2 Å². The average Bonchev–Trinajstić information content (AvgIpc) is 3.45. The number of carbonyl (C=O) groups is 1. The van der Waals surface area contributed by atoms with Crippen LogP contribution in [-0.4, -0.2) is 57.8 Å². The molecule has 0 unspecified atom stereocenters. The predicted octanol–water partition coefficient (Wildman–Crippen LogP) is 2.99. The maximum absolute atomic E-state index is 14.0. The number of nitrogens with zero attached hydrogens (tertiary/aromatic N) is 5. The van der Waals surface area contributed by atoms with Gasteiger partial charge in [-0.15, -0.1) is 0 Å². The highest BCUT2D eigenvalue weighted by atomic mass is 16.5. The fraction of sp³-hybridized carbons (Fsp3) is 0.367. The Balaban J connectivity index is 1.62. The molecular formula is C30H35N7O5. The van der Waals surface area contributed by atoms with Gasteiger partial charge in [0, 0.05) is 31.3 Å². The molecule has 1 aliphatic rings. The summed E-state index contributed by atoms with van der Waals surface area (Å²) in [7, 11) is 3.01. The molecule has 5 rings (SSSR count). The molecule has 4 aromatic rings. The Morgan fingerprint density at radius 3 is 2.52 bits per heavy atom. The van der Waals surface area contributed by atoms with Gasteiger partial charge in [0.25, 0.3) is 11.8 Å². The first-order chi connectivity index (χ1) is 20.2. The van der Waals surface area contributed by atoms with E-state index in [-0.39, 0.29) is 30.4 Å². The van der Waals surface area contributed by atoms with Gasteiger partial charge in [0.15, 0.2) is 17.2 Å². The summed E-state index contributed by atoms with van der Waals surface area (Å²) in [5, 5.41) is 12.7. The van der Waals surface area contributed by atoms with Crippen molar-refractivity contribution in [3.63, 3.8) is 0 Å². The van der Waals surface area contributed by atoms with Gasteiger partial charge in [-0.25, -0.2) is 14.9 Å². The third kappa shape index (κ3) is 5.39. The van der Waals surface area contributed by atoms with Gasteiger partial charge in [-0.3, -0.25) is 13.9 Å². The van der Waals surface area contributed by atoms with E-state index < -0.39 is 5.91 Å². The van der Waals surface area contributed by atoms with Crippen LogP contribution in [0, 0.1) is 20.8 Å². The van der Waals surface area contributed by atoms with Gasteiger partial charge in [0.1, 0.15) is 5.49 Å². The number of aryl methyl sites for hydroxylation is 4. The van der Waals surface area contributed by atoms with E-state index in [9.17, 15) is 9.59 Å². The summed E-state index contributed by atoms with van der Waals surface area (Å²) >= 11 is 0. The summed E-state index contributed by atoms with van der Waals surface area (Å²) in [5.74, 6) is 0.932. The number of H-pyrrole nitrogens is 1. The zero-order valence-electron chi connectivity index (χ0n) is 24.7. The predicted molar refractivity (Wildman–Crippen MR) is 157 cm³/mol. The molecule has 0 fully saturated rings. The van der Waals surface area contributed by atoms with E-state index >= 15 is 0 Å². The molecule has 0 bridgehead atoms. The van der Waals surface area contributed by atoms with Crippen molar-refractivity contribution in [1.82, 2.24) is 29.9 Å². The second kappa shape index (κ2) is 11.9. The molecule has 12 heteroatoms. The minimum absolute atomic E-state index is 0.0941. The number of rotatable bonds is 9. The van der Waals surface area contributed by atoms with Gasteiger partial charge in [0.05, 0.1) is 32.2 Å². The standard InChI is InChI=1S/C30H35N7O5/c1-7-42-24-14-20-8-10-36-22(21(20)15-23(24)40-5)16-25(32-26-18(3)12-17(2)13-19(26)4)37(30(36)39)11-9-31-28(38)27-29(41-6)34-35-33-27/h12-16H,7-11H2,1-6H3,(H,31,38)(H,33,34,35). The number of ether oxygens (including phenoxy) is 3. The highest BCUT2D eigenvalue weighted by molar-refractivity contribution is 5.94. The first-order valence-corrected chi connectivity index (χ1v) is 13.8. The number of hydrogen-bond donors (Lipinski definition) is 2. The Hall–Kier alpha value is -4.87. The molecule has 1 aliphatic heterocycles. The second-order valence-corrected chi connectivity index (χ2v) is 10.1. The van der Waals surface area contributed by atoms with Crippen LogP contribution in [0.4, 0.5) is 5.69 Å². The number of hydrogen-bond acceptors (Lipinski definition) is 8. The Kier molecular flexibility index (Phi) is 8.14. The van der Waals surface area contributed by atoms with Gasteiger partial charge < -0.3 is 19.5 Å². The molecule has 3 heterocycles. The SMILES string of the molecule is CCOc1cc2c(cc1OC)-c1cc(=Nc3c(C)cc(C)cc3C)n(CCNC(=O)c3[nH]nnc3OC)c(=O)n1CC2. The van der Waals surface area contributed by atoms with Crippen molar-refractivity contribution in [3.05, 3.63) is 74.3 Å². The fourth-order valence-electron chi connectivity index (χ4n) is 5.42. The van der Waals surface area contributed by atoms with Crippen LogP contribution in [0.3, 0.4) is 0 Å². The van der Waals surface area contributed by atoms with E-state index in [1.54, 1.807) is 16.2 Å². The van der Waals surface area contributed by atoms with Crippen molar-refractivity contribution in [3.8, 4) is 28.6 Å². The Morgan fingerprint density at radius 2 is 1.83 bits per heavy atom. The van der Waals surface area contributed by atoms with Crippen molar-refractivity contribution in [2.45, 2.75) is 47.2 Å². The summed E-state index contributed by atoms with van der Waals surface area (Å²) < 4.78 is 19.8. The first-order valence-electron chi connectivity index (χ1n) is 13.8. The van der Waals surface area contributed by atoms with Crippen LogP contribution in [0.25, 0.3) is 11.3 Å². The Morgan fingerprint density at radius 1 is 1.07 bits per heavy atom. The number of amides is 1. The fourth-order valence-corrected chi connectivity index (χ4v) is 5.42. The van der Waals surface area contributed by atoms with E-state index in [2.05, 4.69) is 32.9 Å². The van der Waals surface area contributed by atoms with Crippen molar-refractivity contribution >= 4 is 11.6 Å². The van der Waals surface area contributed by atoms with Crippen molar-refractivity contribution in [1.29, 1.82) is 0 Å². The van der Waals surface area contributed by atoms with Crippen molar-refractivity contribution in [2.24, 2.45) is 4.99 Å². The van der Waals surface area contributed by atoms with Crippen molar-refractivity contribution < 1.29 is 19.0 Å².